The number of hydrogen-bond acceptors (Lipinski definition) is 3. The Balaban J connectivity index is 1.77. The number of Topliss-reactive ketones (excluding diaryl/α,β-unsaturated/α-hetero) is 1. The Bertz CT molecular complexity index is 570. The summed E-state index contributed by atoms with van der Waals surface area (Å²) in [6, 6.07) is 9.70. The van der Waals surface area contributed by atoms with Crippen molar-refractivity contribution >= 4 is 5.78 Å². The van der Waals surface area contributed by atoms with Crippen molar-refractivity contribution in [2.75, 3.05) is 0 Å². The zero-order valence-corrected chi connectivity index (χ0v) is 11.5. The van der Waals surface area contributed by atoms with E-state index in [4.69, 9.17) is 0 Å². The normalized spacial score (nSPS) is 16.2. The van der Waals surface area contributed by atoms with E-state index in [9.17, 15) is 4.79 Å². The van der Waals surface area contributed by atoms with Crippen LogP contribution in [0.4, 0.5) is 0 Å². The molecule has 0 aliphatic heterocycles. The van der Waals surface area contributed by atoms with Crippen molar-refractivity contribution in [2.24, 2.45) is 5.92 Å². The van der Waals surface area contributed by atoms with Crippen molar-refractivity contribution in [1.82, 2.24) is 15.0 Å². The highest BCUT2D eigenvalue weighted by atomic mass is 16.1. The van der Waals surface area contributed by atoms with Crippen LogP contribution < -0.4 is 0 Å². The molecular weight excluding hydrogens is 250 g/mol. The minimum Gasteiger partial charge on any atom is -0.292 e. The lowest BCUT2D eigenvalue weighted by Gasteiger charge is -2.20. The van der Waals surface area contributed by atoms with Crippen molar-refractivity contribution in [3.05, 3.63) is 42.2 Å². The first-order valence-electron chi connectivity index (χ1n) is 7.34. The van der Waals surface area contributed by atoms with Gasteiger partial charge < -0.3 is 0 Å². The lowest BCUT2D eigenvalue weighted by Crippen LogP contribution is -2.15. The Morgan fingerprint density at radius 1 is 1.15 bits per heavy atom. The second kappa shape index (κ2) is 5.99. The summed E-state index contributed by atoms with van der Waals surface area (Å²) in [5, 5.41) is 7.95. The highest BCUT2D eigenvalue weighted by molar-refractivity contribution is 5.94. The number of benzene rings is 1. The van der Waals surface area contributed by atoms with Crippen molar-refractivity contribution in [2.45, 2.75) is 38.5 Å². The van der Waals surface area contributed by atoms with Crippen LogP contribution >= 0.6 is 0 Å². The molecule has 1 aliphatic rings. The van der Waals surface area contributed by atoms with Gasteiger partial charge in [0, 0.05) is 6.42 Å². The largest absolute Gasteiger partial charge is 0.292 e. The summed E-state index contributed by atoms with van der Waals surface area (Å²) < 4.78 is 1.64. The van der Waals surface area contributed by atoms with Gasteiger partial charge in [0.05, 0.1) is 11.9 Å². The number of nitrogens with zero attached hydrogens (tertiary/aromatic N) is 3. The first-order chi connectivity index (χ1) is 9.84. The average molecular weight is 269 g/mol. The molecule has 0 radical (unpaired) electrons. The minimum atomic E-state index is 0.158. The molecule has 0 atom stereocenters. The zero-order chi connectivity index (χ0) is 13.8. The molecule has 20 heavy (non-hydrogen) atoms. The SMILES string of the molecule is O=C(CC1CCCCC1)c1cnnn1-c1ccccc1. The molecule has 104 valence electrons. The molecule has 4 nitrogen and oxygen atoms in total. The summed E-state index contributed by atoms with van der Waals surface area (Å²) in [6.07, 6.45) is 8.39. The summed E-state index contributed by atoms with van der Waals surface area (Å²) in [4.78, 5) is 12.5. The van der Waals surface area contributed by atoms with E-state index in [0.717, 1.165) is 5.69 Å². The van der Waals surface area contributed by atoms with Crippen molar-refractivity contribution in [3.8, 4) is 5.69 Å². The van der Waals surface area contributed by atoms with Crippen molar-refractivity contribution in [1.29, 1.82) is 0 Å². The number of para-hydroxylation sites is 1. The van der Waals surface area contributed by atoms with Crippen LogP contribution in [0.15, 0.2) is 36.5 Å². The van der Waals surface area contributed by atoms with E-state index >= 15 is 0 Å². The summed E-state index contributed by atoms with van der Waals surface area (Å²) in [7, 11) is 0. The maximum atomic E-state index is 12.5. The minimum absolute atomic E-state index is 0.158. The summed E-state index contributed by atoms with van der Waals surface area (Å²) in [6.45, 7) is 0. The van der Waals surface area contributed by atoms with Gasteiger partial charge in [0.15, 0.2) is 5.78 Å². The zero-order valence-electron chi connectivity index (χ0n) is 11.5. The van der Waals surface area contributed by atoms with Gasteiger partial charge in [0.2, 0.25) is 0 Å². The molecule has 0 unspecified atom stereocenters. The van der Waals surface area contributed by atoms with Gasteiger partial charge in [-0.15, -0.1) is 5.10 Å². The Labute approximate surface area is 118 Å². The van der Waals surface area contributed by atoms with Crippen molar-refractivity contribution < 1.29 is 4.79 Å². The van der Waals surface area contributed by atoms with Crippen LogP contribution in [0.2, 0.25) is 0 Å². The molecule has 4 heteroatoms. The third-order valence-corrected chi connectivity index (χ3v) is 4.03. The Hall–Kier alpha value is -1.97. The third-order valence-electron chi connectivity index (χ3n) is 4.03. The van der Waals surface area contributed by atoms with Gasteiger partial charge in [-0.05, 0) is 18.1 Å². The fourth-order valence-corrected chi connectivity index (χ4v) is 2.94. The maximum Gasteiger partial charge on any atom is 0.183 e. The quantitative estimate of drug-likeness (QED) is 0.799. The highest BCUT2D eigenvalue weighted by Gasteiger charge is 2.21. The molecule has 1 aliphatic carbocycles. The molecule has 0 N–H and O–H groups in total. The number of rotatable bonds is 4. The van der Waals surface area contributed by atoms with Crippen LogP contribution in [0, 0.1) is 5.92 Å². The molecule has 0 spiro atoms. The molecule has 1 aromatic carbocycles. The Morgan fingerprint density at radius 2 is 1.90 bits per heavy atom. The number of ketones is 1. The van der Waals surface area contributed by atoms with Gasteiger partial charge in [-0.2, -0.15) is 0 Å². The monoisotopic (exact) mass is 269 g/mol. The Morgan fingerprint density at radius 3 is 2.65 bits per heavy atom. The summed E-state index contributed by atoms with van der Waals surface area (Å²) in [5.74, 6) is 0.695. The fraction of sp³-hybridized carbons (Fsp3) is 0.438. The summed E-state index contributed by atoms with van der Waals surface area (Å²) >= 11 is 0. The molecule has 0 amide bonds. The van der Waals surface area contributed by atoms with Gasteiger partial charge in [0.1, 0.15) is 5.69 Å². The van der Waals surface area contributed by atoms with E-state index < -0.39 is 0 Å². The van der Waals surface area contributed by atoms with Gasteiger partial charge in [-0.1, -0.05) is 55.5 Å². The first kappa shape index (κ1) is 13.0. The molecule has 2 aromatic rings. The third kappa shape index (κ3) is 2.79. The number of hydrogen-bond donors (Lipinski definition) is 0. The van der Waals surface area contributed by atoms with Crippen LogP contribution in [-0.4, -0.2) is 20.8 Å². The fourth-order valence-electron chi connectivity index (χ4n) is 2.94. The smallest absolute Gasteiger partial charge is 0.183 e. The average Bonchev–Trinajstić information content (AvgIpc) is 2.99. The maximum absolute atomic E-state index is 12.5. The Kier molecular flexibility index (Phi) is 3.90. The topological polar surface area (TPSA) is 47.8 Å². The summed E-state index contributed by atoms with van der Waals surface area (Å²) in [5.41, 5.74) is 1.48. The van der Waals surface area contributed by atoms with Crippen LogP contribution in [-0.2, 0) is 0 Å². The van der Waals surface area contributed by atoms with Gasteiger partial charge in [-0.25, -0.2) is 4.68 Å². The second-order valence-corrected chi connectivity index (χ2v) is 5.50. The van der Waals surface area contributed by atoms with Crippen LogP contribution in [0.5, 0.6) is 0 Å². The standard InChI is InChI=1S/C16H19N3O/c20-16(11-13-7-3-1-4-8-13)15-12-17-18-19(15)14-9-5-2-6-10-14/h2,5-6,9-10,12-13H,1,3-4,7-8,11H2. The molecule has 1 aromatic heterocycles. The lowest BCUT2D eigenvalue weighted by molar-refractivity contribution is 0.0942. The van der Waals surface area contributed by atoms with Gasteiger partial charge in [0.25, 0.3) is 0 Å². The van der Waals surface area contributed by atoms with Crippen LogP contribution in [0.25, 0.3) is 5.69 Å². The predicted octanol–water partition coefficient (Wildman–Crippen LogP) is 3.42. The molecule has 0 bridgehead atoms. The first-order valence-corrected chi connectivity index (χ1v) is 7.34. The second-order valence-electron chi connectivity index (χ2n) is 5.50. The number of carbonyl (C=O) groups excluding carboxylic acids is 1. The van der Waals surface area contributed by atoms with E-state index in [1.165, 1.54) is 32.1 Å². The number of aromatic nitrogens is 3. The molecule has 0 saturated heterocycles. The molecule has 1 heterocycles. The number of carbonyl (C=O) groups is 1. The van der Waals surface area contributed by atoms with Gasteiger partial charge >= 0.3 is 0 Å². The van der Waals surface area contributed by atoms with Crippen LogP contribution in [0.3, 0.4) is 0 Å². The molecule has 1 saturated carbocycles. The van der Waals surface area contributed by atoms with Crippen molar-refractivity contribution in [3.63, 3.8) is 0 Å². The molecular formula is C16H19N3O. The van der Waals surface area contributed by atoms with Gasteiger partial charge in [-0.3, -0.25) is 4.79 Å². The van der Waals surface area contributed by atoms with E-state index in [0.29, 0.717) is 18.0 Å². The predicted molar refractivity (Wildman–Crippen MR) is 76.9 cm³/mol. The lowest BCUT2D eigenvalue weighted by atomic mass is 9.85. The highest BCUT2D eigenvalue weighted by Crippen LogP contribution is 2.27. The molecule has 3 rings (SSSR count). The van der Waals surface area contributed by atoms with Crippen LogP contribution in [0.1, 0.15) is 49.0 Å². The van der Waals surface area contributed by atoms with E-state index in [1.807, 2.05) is 30.3 Å². The van der Waals surface area contributed by atoms with E-state index in [2.05, 4.69) is 10.3 Å². The van der Waals surface area contributed by atoms with E-state index in [-0.39, 0.29) is 5.78 Å². The molecule has 1 fully saturated rings. The van der Waals surface area contributed by atoms with E-state index in [1.54, 1.807) is 10.9 Å².